The molecular weight excluding hydrogens is 354 g/mol. The van der Waals surface area contributed by atoms with Gasteiger partial charge in [0, 0.05) is 32.3 Å². The second-order valence-corrected chi connectivity index (χ2v) is 7.61. The Morgan fingerprint density at radius 1 is 1.36 bits per heavy atom. The van der Waals surface area contributed by atoms with E-state index in [0.29, 0.717) is 38.4 Å². The average Bonchev–Trinajstić information content (AvgIpc) is 3.03. The molecule has 0 aromatic carbocycles. The van der Waals surface area contributed by atoms with Crippen LogP contribution in [0.25, 0.3) is 0 Å². The van der Waals surface area contributed by atoms with Crippen molar-refractivity contribution in [1.82, 2.24) is 9.80 Å². The lowest BCUT2D eigenvalue weighted by atomic mass is 9.81. The molecule has 7 nitrogen and oxygen atoms in total. The molecule has 0 aromatic rings. The van der Waals surface area contributed by atoms with Gasteiger partial charge in [-0.15, -0.1) is 0 Å². The number of nitrogens with two attached hydrogens (primary N) is 1. The van der Waals surface area contributed by atoms with Gasteiger partial charge in [-0.2, -0.15) is 0 Å². The van der Waals surface area contributed by atoms with E-state index in [1.54, 1.807) is 0 Å². The van der Waals surface area contributed by atoms with Crippen LogP contribution < -0.4 is 5.73 Å². The fraction of sp³-hybridized carbons (Fsp3) is 0.571. The van der Waals surface area contributed by atoms with Gasteiger partial charge in [0.05, 0.1) is 30.3 Å². The van der Waals surface area contributed by atoms with E-state index in [1.807, 2.05) is 29.3 Å². The van der Waals surface area contributed by atoms with Crippen molar-refractivity contribution in [2.45, 2.75) is 44.3 Å². The lowest BCUT2D eigenvalue weighted by Crippen LogP contribution is -2.55. The first-order chi connectivity index (χ1) is 13.7. The zero-order valence-electron chi connectivity index (χ0n) is 16.5. The predicted molar refractivity (Wildman–Crippen MR) is 110 cm³/mol. The quantitative estimate of drug-likeness (QED) is 0.756. The van der Waals surface area contributed by atoms with Crippen molar-refractivity contribution in [3.63, 3.8) is 0 Å². The van der Waals surface area contributed by atoms with E-state index in [4.69, 9.17) is 15.5 Å². The second kappa shape index (κ2) is 8.01. The molecule has 0 bridgehead atoms. The first kappa shape index (κ1) is 19.1. The van der Waals surface area contributed by atoms with Crippen LogP contribution in [0.1, 0.15) is 32.6 Å². The molecule has 0 saturated carbocycles. The molecule has 2 atom stereocenters. The smallest absolute Gasteiger partial charge is 0.222 e. The lowest BCUT2D eigenvalue weighted by molar-refractivity contribution is -0.135. The molecule has 4 aliphatic rings. The fourth-order valence-electron chi connectivity index (χ4n) is 4.51. The van der Waals surface area contributed by atoms with Gasteiger partial charge in [-0.25, -0.2) is 0 Å². The summed E-state index contributed by atoms with van der Waals surface area (Å²) in [4.78, 5) is 26.5. The molecule has 2 unspecified atom stereocenters. The van der Waals surface area contributed by atoms with Gasteiger partial charge in [0.25, 0.3) is 0 Å². The van der Waals surface area contributed by atoms with E-state index in [-0.39, 0.29) is 12.1 Å². The second-order valence-electron chi connectivity index (χ2n) is 7.61. The molecule has 7 heteroatoms. The number of morpholine rings is 1. The third-order valence-corrected chi connectivity index (χ3v) is 5.87. The van der Waals surface area contributed by atoms with Crippen LogP contribution in [0.2, 0.25) is 0 Å². The van der Waals surface area contributed by atoms with Gasteiger partial charge in [0.1, 0.15) is 11.7 Å². The van der Waals surface area contributed by atoms with Gasteiger partial charge in [-0.3, -0.25) is 19.7 Å². The first-order valence-corrected chi connectivity index (χ1v) is 10.3. The molecule has 0 radical (unpaired) electrons. The SMILES string of the molecule is CCCC1N=C2C(N)=CC=C3N=CC=CC32N1CCCC(=O)N1CCOCC1. The molecule has 1 saturated heterocycles. The number of carbonyl (C=O) groups is 1. The van der Waals surface area contributed by atoms with Gasteiger partial charge in [0.15, 0.2) is 0 Å². The van der Waals surface area contributed by atoms with Crippen molar-refractivity contribution in [2.24, 2.45) is 15.7 Å². The zero-order chi connectivity index (χ0) is 19.6. The van der Waals surface area contributed by atoms with E-state index >= 15 is 0 Å². The molecule has 4 rings (SSSR count). The maximum absolute atomic E-state index is 12.5. The van der Waals surface area contributed by atoms with Gasteiger partial charge in [-0.05, 0) is 31.1 Å². The lowest BCUT2D eigenvalue weighted by Gasteiger charge is -2.42. The fourth-order valence-corrected chi connectivity index (χ4v) is 4.51. The van der Waals surface area contributed by atoms with Crippen LogP contribution in [-0.2, 0) is 9.53 Å². The highest BCUT2D eigenvalue weighted by Crippen LogP contribution is 2.42. The summed E-state index contributed by atoms with van der Waals surface area (Å²) in [5.41, 5.74) is 8.39. The maximum Gasteiger partial charge on any atom is 0.222 e. The molecule has 28 heavy (non-hydrogen) atoms. The van der Waals surface area contributed by atoms with E-state index in [9.17, 15) is 4.79 Å². The Morgan fingerprint density at radius 3 is 2.96 bits per heavy atom. The molecule has 1 amide bonds. The summed E-state index contributed by atoms with van der Waals surface area (Å²) in [6.45, 7) is 5.62. The summed E-state index contributed by atoms with van der Waals surface area (Å²) in [6, 6.07) is 0. The van der Waals surface area contributed by atoms with Gasteiger partial charge >= 0.3 is 0 Å². The number of nitrogens with zero attached hydrogens (tertiary/aromatic N) is 4. The molecule has 150 valence electrons. The van der Waals surface area contributed by atoms with Gasteiger partial charge in [0.2, 0.25) is 5.91 Å². The Bertz CT molecular complexity index is 776. The number of hydrogen-bond acceptors (Lipinski definition) is 6. The number of dihydropyridines is 1. The Labute approximate surface area is 166 Å². The van der Waals surface area contributed by atoms with Crippen LogP contribution in [0.15, 0.2) is 45.7 Å². The summed E-state index contributed by atoms with van der Waals surface area (Å²) >= 11 is 0. The number of ether oxygens (including phenoxy) is 1. The monoisotopic (exact) mass is 383 g/mol. The molecular formula is C21H29N5O2. The van der Waals surface area contributed by atoms with Crippen LogP contribution in [0.3, 0.4) is 0 Å². The van der Waals surface area contributed by atoms with Crippen LogP contribution in [0.5, 0.6) is 0 Å². The number of allylic oxidation sites excluding steroid dienone is 3. The third-order valence-electron chi connectivity index (χ3n) is 5.87. The van der Waals surface area contributed by atoms with Crippen molar-refractivity contribution < 1.29 is 9.53 Å². The first-order valence-electron chi connectivity index (χ1n) is 10.3. The molecule has 1 spiro atoms. The molecule has 3 aliphatic heterocycles. The van der Waals surface area contributed by atoms with Gasteiger partial charge in [-0.1, -0.05) is 19.4 Å². The topological polar surface area (TPSA) is 83.5 Å². The Kier molecular flexibility index (Phi) is 5.46. The standard InChI is InChI=1S/C21H29N5O2/c1-2-5-18-24-20-16(22)7-8-17-21(20,9-4-10-23-17)26(18)11-3-6-19(27)25-12-14-28-15-13-25/h4,7-10,18H,2-3,5-6,11-15,22H2,1H3. The van der Waals surface area contributed by atoms with Crippen molar-refractivity contribution in [1.29, 1.82) is 0 Å². The highest BCUT2D eigenvalue weighted by atomic mass is 16.5. The summed E-state index contributed by atoms with van der Waals surface area (Å²) < 4.78 is 5.34. The summed E-state index contributed by atoms with van der Waals surface area (Å²) in [5.74, 6) is 0.212. The molecule has 2 N–H and O–H groups in total. The molecule has 0 aromatic heterocycles. The number of carbonyl (C=O) groups excluding carboxylic acids is 1. The van der Waals surface area contributed by atoms with Crippen molar-refractivity contribution in [2.75, 3.05) is 32.8 Å². The summed E-state index contributed by atoms with van der Waals surface area (Å²) in [7, 11) is 0. The van der Waals surface area contributed by atoms with Gasteiger partial charge < -0.3 is 15.4 Å². The van der Waals surface area contributed by atoms with Crippen LogP contribution in [0, 0.1) is 0 Å². The Hall–Kier alpha value is -2.25. The number of rotatable bonds is 6. The van der Waals surface area contributed by atoms with Crippen molar-refractivity contribution >= 4 is 17.8 Å². The van der Waals surface area contributed by atoms with Crippen molar-refractivity contribution in [3.8, 4) is 0 Å². The predicted octanol–water partition coefficient (Wildman–Crippen LogP) is 1.63. The zero-order valence-corrected chi connectivity index (χ0v) is 16.5. The van der Waals surface area contributed by atoms with E-state index < -0.39 is 5.54 Å². The normalized spacial score (nSPS) is 29.1. The largest absolute Gasteiger partial charge is 0.397 e. The van der Waals surface area contributed by atoms with Crippen molar-refractivity contribution in [3.05, 3.63) is 35.7 Å². The highest BCUT2D eigenvalue weighted by Gasteiger charge is 2.52. The average molecular weight is 383 g/mol. The maximum atomic E-state index is 12.5. The Morgan fingerprint density at radius 2 is 2.18 bits per heavy atom. The minimum Gasteiger partial charge on any atom is -0.397 e. The summed E-state index contributed by atoms with van der Waals surface area (Å²) in [6.07, 6.45) is 13.2. The molecule has 3 heterocycles. The number of amides is 1. The van der Waals surface area contributed by atoms with E-state index in [2.05, 4.69) is 22.9 Å². The summed E-state index contributed by atoms with van der Waals surface area (Å²) in [5, 5.41) is 0. The number of hydrogen-bond donors (Lipinski definition) is 1. The van der Waals surface area contributed by atoms with E-state index in [1.165, 1.54) is 0 Å². The number of aliphatic imine (C=N–C) groups is 2. The highest BCUT2D eigenvalue weighted by molar-refractivity contribution is 6.13. The third kappa shape index (κ3) is 3.22. The van der Waals surface area contributed by atoms with Crippen LogP contribution >= 0.6 is 0 Å². The van der Waals surface area contributed by atoms with Crippen LogP contribution in [-0.4, -0.2) is 72.2 Å². The van der Waals surface area contributed by atoms with Crippen LogP contribution in [0.4, 0.5) is 0 Å². The van der Waals surface area contributed by atoms with E-state index in [0.717, 1.165) is 37.2 Å². The molecule has 1 aliphatic carbocycles. The minimum absolute atomic E-state index is 0.0601. The molecule has 1 fully saturated rings. The minimum atomic E-state index is -0.491. The Balaban J connectivity index is 1.50.